The average Bonchev–Trinajstić information content (AvgIpc) is 2.48. The maximum atomic E-state index is 12.9. The highest BCUT2D eigenvalue weighted by atomic mass is 19.4. The van der Waals surface area contributed by atoms with E-state index < -0.39 is 18.0 Å². The number of hydrogen-bond donors (Lipinski definition) is 1. The van der Waals surface area contributed by atoms with E-state index in [0.29, 0.717) is 19.4 Å². The van der Waals surface area contributed by atoms with Crippen molar-refractivity contribution in [3.05, 3.63) is 0 Å². The number of alkyl halides is 3. The van der Waals surface area contributed by atoms with Crippen molar-refractivity contribution in [1.82, 2.24) is 10.2 Å². The number of rotatable bonds is 3. The summed E-state index contributed by atoms with van der Waals surface area (Å²) in [6.07, 6.45) is -0.957. The van der Waals surface area contributed by atoms with E-state index in [1.165, 1.54) is 0 Å². The van der Waals surface area contributed by atoms with Crippen molar-refractivity contribution in [1.29, 1.82) is 0 Å². The van der Waals surface area contributed by atoms with E-state index in [4.69, 9.17) is 0 Å². The van der Waals surface area contributed by atoms with Crippen LogP contribution in [0.5, 0.6) is 0 Å². The van der Waals surface area contributed by atoms with Crippen molar-refractivity contribution in [2.75, 3.05) is 19.6 Å². The summed E-state index contributed by atoms with van der Waals surface area (Å²) in [4.78, 5) is 14.4. The van der Waals surface area contributed by atoms with Gasteiger partial charge in [-0.3, -0.25) is 4.79 Å². The van der Waals surface area contributed by atoms with Gasteiger partial charge in [0, 0.05) is 25.0 Å². The molecule has 3 atom stereocenters. The number of likely N-dealkylation sites (N-methyl/N-ethyl adjacent to an activating group) is 1. The minimum atomic E-state index is -4.16. The molecule has 0 spiro atoms. The lowest BCUT2D eigenvalue weighted by atomic mass is 9.80. The second-order valence-corrected chi connectivity index (χ2v) is 6.23. The molecule has 3 unspecified atom stereocenters. The summed E-state index contributed by atoms with van der Waals surface area (Å²) in [5, 5.41) is 3.27. The van der Waals surface area contributed by atoms with Gasteiger partial charge in [0.2, 0.25) is 5.91 Å². The van der Waals surface area contributed by atoms with Gasteiger partial charge in [0.05, 0.1) is 5.92 Å². The van der Waals surface area contributed by atoms with Gasteiger partial charge in [-0.1, -0.05) is 6.42 Å². The zero-order chi connectivity index (χ0) is 15.5. The molecule has 2 rings (SSSR count). The molecule has 21 heavy (non-hydrogen) atoms. The van der Waals surface area contributed by atoms with Gasteiger partial charge in [-0.15, -0.1) is 0 Å². The molecule has 1 saturated carbocycles. The fourth-order valence-electron chi connectivity index (χ4n) is 3.64. The maximum absolute atomic E-state index is 12.9. The van der Waals surface area contributed by atoms with Crippen LogP contribution in [-0.2, 0) is 4.79 Å². The number of nitrogens with zero attached hydrogens (tertiary/aromatic N) is 1. The first kappa shape index (κ1) is 16.6. The Morgan fingerprint density at radius 3 is 2.57 bits per heavy atom. The van der Waals surface area contributed by atoms with E-state index >= 15 is 0 Å². The molecule has 0 aromatic heterocycles. The van der Waals surface area contributed by atoms with Crippen molar-refractivity contribution in [3.63, 3.8) is 0 Å². The van der Waals surface area contributed by atoms with E-state index in [1.54, 1.807) is 4.90 Å². The Labute approximate surface area is 124 Å². The summed E-state index contributed by atoms with van der Waals surface area (Å²) in [6, 6.07) is 0.141. The molecule has 0 radical (unpaired) electrons. The summed E-state index contributed by atoms with van der Waals surface area (Å²) < 4.78 is 38.6. The molecule has 6 heteroatoms. The van der Waals surface area contributed by atoms with Crippen molar-refractivity contribution in [2.45, 2.75) is 57.7 Å². The van der Waals surface area contributed by atoms with E-state index in [9.17, 15) is 18.0 Å². The van der Waals surface area contributed by atoms with Crippen LogP contribution >= 0.6 is 0 Å². The minimum Gasteiger partial charge on any atom is -0.338 e. The molecular weight excluding hydrogens is 281 g/mol. The predicted molar refractivity (Wildman–Crippen MR) is 74.8 cm³/mol. The Balaban J connectivity index is 1.99. The number of halogens is 3. The zero-order valence-electron chi connectivity index (χ0n) is 12.6. The van der Waals surface area contributed by atoms with Gasteiger partial charge in [-0.2, -0.15) is 13.2 Å². The van der Waals surface area contributed by atoms with Crippen molar-refractivity contribution in [2.24, 2.45) is 11.8 Å². The molecule has 2 aliphatic rings. The number of carbonyl (C=O) groups excluding carboxylic acids is 1. The predicted octanol–water partition coefficient (Wildman–Crippen LogP) is 2.96. The Morgan fingerprint density at radius 1 is 1.24 bits per heavy atom. The first-order valence-electron chi connectivity index (χ1n) is 8.01. The van der Waals surface area contributed by atoms with Gasteiger partial charge in [-0.05, 0) is 45.6 Å². The highest BCUT2D eigenvalue weighted by molar-refractivity contribution is 5.79. The van der Waals surface area contributed by atoms with Gasteiger partial charge < -0.3 is 10.2 Å². The van der Waals surface area contributed by atoms with Gasteiger partial charge in [0.15, 0.2) is 0 Å². The molecule has 1 saturated heterocycles. The lowest BCUT2D eigenvalue weighted by Gasteiger charge is -2.38. The first-order valence-corrected chi connectivity index (χ1v) is 8.01. The lowest BCUT2D eigenvalue weighted by Crippen LogP contribution is -2.51. The third-order valence-corrected chi connectivity index (χ3v) is 4.82. The van der Waals surface area contributed by atoms with Crippen LogP contribution in [0.25, 0.3) is 0 Å². The molecule has 2 fully saturated rings. The fraction of sp³-hybridized carbons (Fsp3) is 0.933. The van der Waals surface area contributed by atoms with Crippen LogP contribution in [0.1, 0.15) is 45.4 Å². The highest BCUT2D eigenvalue weighted by Gasteiger charge is 2.44. The maximum Gasteiger partial charge on any atom is 0.391 e. The van der Waals surface area contributed by atoms with Crippen molar-refractivity contribution < 1.29 is 18.0 Å². The fourth-order valence-corrected chi connectivity index (χ4v) is 3.64. The summed E-state index contributed by atoms with van der Waals surface area (Å²) in [7, 11) is 0. The Bertz CT molecular complexity index is 353. The van der Waals surface area contributed by atoms with Crippen LogP contribution in [0.4, 0.5) is 13.2 Å². The van der Waals surface area contributed by atoms with Gasteiger partial charge >= 0.3 is 6.18 Å². The molecule has 3 nitrogen and oxygen atoms in total. The van der Waals surface area contributed by atoms with E-state index in [-0.39, 0.29) is 24.8 Å². The van der Waals surface area contributed by atoms with Crippen molar-refractivity contribution in [3.8, 4) is 0 Å². The molecule has 0 aromatic rings. The summed E-state index contributed by atoms with van der Waals surface area (Å²) in [5.74, 6) is -1.82. The quantitative estimate of drug-likeness (QED) is 0.869. The molecule has 0 aromatic carbocycles. The van der Waals surface area contributed by atoms with Crippen LogP contribution in [-0.4, -0.2) is 42.7 Å². The second kappa shape index (κ2) is 6.99. The average molecular weight is 306 g/mol. The molecule has 0 bridgehead atoms. The normalized spacial score (nSPS) is 31.0. The largest absolute Gasteiger partial charge is 0.391 e. The van der Waals surface area contributed by atoms with Crippen LogP contribution in [0.15, 0.2) is 0 Å². The number of amides is 1. The molecule has 122 valence electrons. The Morgan fingerprint density at radius 2 is 2.00 bits per heavy atom. The van der Waals surface area contributed by atoms with Crippen LogP contribution in [0.3, 0.4) is 0 Å². The standard InChI is InChI=1S/C15H25F3N2O/c1-2-20(13-7-4-8-19-10-13)14(21)11-5-3-6-12(9-11)15(16,17)18/h11-13,19H,2-10H2,1H3. The molecule has 1 aliphatic heterocycles. The number of hydrogen-bond acceptors (Lipinski definition) is 2. The minimum absolute atomic E-state index is 0.0288. The van der Waals surface area contributed by atoms with Crippen molar-refractivity contribution >= 4 is 5.91 Å². The smallest absolute Gasteiger partial charge is 0.338 e. The van der Waals surface area contributed by atoms with Gasteiger partial charge in [0.25, 0.3) is 0 Å². The van der Waals surface area contributed by atoms with E-state index in [1.807, 2.05) is 6.92 Å². The van der Waals surface area contributed by atoms with E-state index in [2.05, 4.69) is 5.32 Å². The number of nitrogens with one attached hydrogen (secondary N) is 1. The highest BCUT2D eigenvalue weighted by Crippen LogP contribution is 2.40. The second-order valence-electron chi connectivity index (χ2n) is 6.23. The molecule has 1 amide bonds. The Hall–Kier alpha value is -0.780. The number of carbonyl (C=O) groups is 1. The number of piperidine rings is 1. The van der Waals surface area contributed by atoms with Crippen LogP contribution < -0.4 is 5.32 Å². The zero-order valence-corrected chi connectivity index (χ0v) is 12.6. The molecular formula is C15H25F3N2O. The third kappa shape index (κ3) is 4.11. The van der Waals surface area contributed by atoms with Crippen LogP contribution in [0.2, 0.25) is 0 Å². The molecule has 1 N–H and O–H groups in total. The summed E-state index contributed by atoms with van der Waals surface area (Å²) in [6.45, 7) is 4.21. The molecule has 1 heterocycles. The first-order chi connectivity index (χ1) is 9.93. The van der Waals surface area contributed by atoms with Crippen LogP contribution in [0, 0.1) is 11.8 Å². The van der Waals surface area contributed by atoms with Gasteiger partial charge in [-0.25, -0.2) is 0 Å². The van der Waals surface area contributed by atoms with Gasteiger partial charge in [0.1, 0.15) is 0 Å². The Kier molecular flexibility index (Phi) is 5.52. The summed E-state index contributed by atoms with van der Waals surface area (Å²) in [5.41, 5.74) is 0. The topological polar surface area (TPSA) is 32.3 Å². The monoisotopic (exact) mass is 306 g/mol. The third-order valence-electron chi connectivity index (χ3n) is 4.82. The molecule has 1 aliphatic carbocycles. The van der Waals surface area contributed by atoms with E-state index in [0.717, 1.165) is 25.9 Å². The SMILES string of the molecule is CCN(C(=O)C1CCCC(C(F)(F)F)C1)C1CCCNC1. The summed E-state index contributed by atoms with van der Waals surface area (Å²) >= 11 is 0. The lowest BCUT2D eigenvalue weighted by molar-refractivity contribution is -0.187.